The lowest BCUT2D eigenvalue weighted by Gasteiger charge is -2.19. The molecule has 132 valence electrons. The van der Waals surface area contributed by atoms with E-state index in [4.69, 9.17) is 5.11 Å². The summed E-state index contributed by atoms with van der Waals surface area (Å²) < 4.78 is 0. The first-order valence-electron chi connectivity index (χ1n) is 9.14. The summed E-state index contributed by atoms with van der Waals surface area (Å²) in [6, 6.07) is 0. The predicted octanol–water partition coefficient (Wildman–Crippen LogP) is 4.62. The van der Waals surface area contributed by atoms with Gasteiger partial charge in [-0.25, -0.2) is 0 Å². The molecule has 0 aliphatic carbocycles. The summed E-state index contributed by atoms with van der Waals surface area (Å²) in [5.41, 5.74) is 0. The standard InChI is InChI=1S/C18H36O4/c1-2-3-4-5-6-7-8-9-10-11-12-13-14-15-18(21,22)16-17(19)20/h21-22H,2-16H2,1H3,(H,19,20). The van der Waals surface area contributed by atoms with Gasteiger partial charge in [-0.05, 0) is 6.42 Å². The SMILES string of the molecule is CCCCCCCCCCCCCCCC(O)(O)CC(=O)O. The molecule has 0 saturated carbocycles. The third-order valence-electron chi connectivity index (χ3n) is 4.12. The Morgan fingerprint density at radius 1 is 0.727 bits per heavy atom. The lowest BCUT2D eigenvalue weighted by molar-refractivity contribution is -0.184. The molecule has 0 atom stereocenters. The van der Waals surface area contributed by atoms with Crippen LogP contribution in [0.2, 0.25) is 0 Å². The van der Waals surface area contributed by atoms with Gasteiger partial charge in [-0.15, -0.1) is 0 Å². The maximum Gasteiger partial charge on any atom is 0.308 e. The molecule has 4 nitrogen and oxygen atoms in total. The van der Waals surface area contributed by atoms with Crippen LogP contribution < -0.4 is 0 Å². The number of carbonyl (C=O) groups is 1. The minimum atomic E-state index is -2.04. The number of carboxylic acid groups (broad SMARTS) is 1. The van der Waals surface area contributed by atoms with E-state index in [1.54, 1.807) is 0 Å². The van der Waals surface area contributed by atoms with Crippen molar-refractivity contribution < 1.29 is 20.1 Å². The number of hydrogen-bond donors (Lipinski definition) is 3. The molecule has 0 fully saturated rings. The van der Waals surface area contributed by atoms with Crippen LogP contribution in [-0.2, 0) is 4.79 Å². The zero-order chi connectivity index (χ0) is 16.7. The van der Waals surface area contributed by atoms with Crippen molar-refractivity contribution in [3.8, 4) is 0 Å². The second kappa shape index (κ2) is 14.0. The monoisotopic (exact) mass is 316 g/mol. The van der Waals surface area contributed by atoms with E-state index in [0.29, 0.717) is 6.42 Å². The fourth-order valence-corrected chi connectivity index (χ4v) is 2.76. The molecule has 0 spiro atoms. The molecular weight excluding hydrogens is 280 g/mol. The third kappa shape index (κ3) is 15.8. The molecule has 0 aromatic carbocycles. The Morgan fingerprint density at radius 3 is 1.45 bits per heavy atom. The van der Waals surface area contributed by atoms with Crippen molar-refractivity contribution in [3.05, 3.63) is 0 Å². The van der Waals surface area contributed by atoms with Gasteiger partial charge in [-0.3, -0.25) is 4.79 Å². The summed E-state index contributed by atoms with van der Waals surface area (Å²) in [5.74, 6) is -3.21. The van der Waals surface area contributed by atoms with Gasteiger partial charge in [0.1, 0.15) is 0 Å². The zero-order valence-corrected chi connectivity index (χ0v) is 14.4. The second-order valence-corrected chi connectivity index (χ2v) is 6.55. The Kier molecular flexibility index (Phi) is 13.6. The fraction of sp³-hybridized carbons (Fsp3) is 0.944. The summed E-state index contributed by atoms with van der Waals surface area (Å²) in [6.45, 7) is 2.24. The number of aliphatic hydroxyl groups is 2. The molecule has 0 bridgehead atoms. The summed E-state index contributed by atoms with van der Waals surface area (Å²) in [7, 11) is 0. The Bertz CT molecular complexity index is 264. The van der Waals surface area contributed by atoms with Gasteiger partial charge >= 0.3 is 5.97 Å². The van der Waals surface area contributed by atoms with Crippen LogP contribution in [0.25, 0.3) is 0 Å². The first-order chi connectivity index (χ1) is 10.5. The van der Waals surface area contributed by atoms with Crippen molar-refractivity contribution in [2.75, 3.05) is 0 Å². The highest BCUT2D eigenvalue weighted by Gasteiger charge is 2.25. The van der Waals surface area contributed by atoms with Crippen molar-refractivity contribution in [1.29, 1.82) is 0 Å². The number of rotatable bonds is 16. The van der Waals surface area contributed by atoms with Crippen LogP contribution in [0.4, 0.5) is 0 Å². The van der Waals surface area contributed by atoms with Crippen LogP contribution in [0.5, 0.6) is 0 Å². The van der Waals surface area contributed by atoms with Crippen molar-refractivity contribution in [3.63, 3.8) is 0 Å². The average Bonchev–Trinajstić information content (AvgIpc) is 2.42. The first kappa shape index (κ1) is 21.4. The molecule has 0 aromatic rings. The minimum absolute atomic E-state index is 0.150. The van der Waals surface area contributed by atoms with Crippen molar-refractivity contribution in [1.82, 2.24) is 0 Å². The largest absolute Gasteiger partial charge is 0.481 e. The van der Waals surface area contributed by atoms with Gasteiger partial charge in [0.05, 0.1) is 6.42 Å². The maximum absolute atomic E-state index is 10.4. The molecule has 22 heavy (non-hydrogen) atoms. The summed E-state index contributed by atoms with van der Waals surface area (Å²) in [5, 5.41) is 27.4. The molecule has 0 heterocycles. The van der Waals surface area contributed by atoms with Gasteiger partial charge in [0.2, 0.25) is 0 Å². The fourth-order valence-electron chi connectivity index (χ4n) is 2.76. The molecule has 0 aliphatic heterocycles. The highest BCUT2D eigenvalue weighted by Crippen LogP contribution is 2.17. The molecule has 0 aliphatic rings. The molecular formula is C18H36O4. The predicted molar refractivity (Wildman–Crippen MR) is 89.7 cm³/mol. The Balaban J connectivity index is 3.22. The van der Waals surface area contributed by atoms with Crippen LogP contribution in [-0.4, -0.2) is 27.1 Å². The Hall–Kier alpha value is -0.610. The van der Waals surface area contributed by atoms with E-state index in [1.165, 1.54) is 64.2 Å². The normalized spacial score (nSPS) is 11.8. The smallest absolute Gasteiger partial charge is 0.308 e. The summed E-state index contributed by atoms with van der Waals surface area (Å²) in [4.78, 5) is 10.4. The Morgan fingerprint density at radius 2 is 1.09 bits per heavy atom. The van der Waals surface area contributed by atoms with Crippen LogP contribution in [0.3, 0.4) is 0 Å². The summed E-state index contributed by atoms with van der Waals surface area (Å²) >= 11 is 0. The van der Waals surface area contributed by atoms with Gasteiger partial charge in [0.25, 0.3) is 0 Å². The lowest BCUT2D eigenvalue weighted by atomic mass is 10.0. The highest BCUT2D eigenvalue weighted by atomic mass is 16.5. The van der Waals surface area contributed by atoms with Crippen LogP contribution >= 0.6 is 0 Å². The van der Waals surface area contributed by atoms with Crippen molar-refractivity contribution in [2.24, 2.45) is 0 Å². The second-order valence-electron chi connectivity index (χ2n) is 6.55. The van der Waals surface area contributed by atoms with E-state index < -0.39 is 18.2 Å². The van der Waals surface area contributed by atoms with Crippen LogP contribution in [0, 0.1) is 0 Å². The van der Waals surface area contributed by atoms with E-state index in [2.05, 4.69) is 6.92 Å². The molecule has 0 rings (SSSR count). The van der Waals surface area contributed by atoms with Gasteiger partial charge in [0, 0.05) is 6.42 Å². The lowest BCUT2D eigenvalue weighted by Crippen LogP contribution is -2.31. The molecule has 0 radical (unpaired) electrons. The Labute approximate surface area is 135 Å². The van der Waals surface area contributed by atoms with E-state index in [-0.39, 0.29) is 6.42 Å². The van der Waals surface area contributed by atoms with Gasteiger partial charge in [-0.1, -0.05) is 84.0 Å². The van der Waals surface area contributed by atoms with E-state index >= 15 is 0 Å². The molecule has 0 aromatic heterocycles. The number of unbranched alkanes of at least 4 members (excludes halogenated alkanes) is 12. The van der Waals surface area contributed by atoms with E-state index in [1.807, 2.05) is 0 Å². The van der Waals surface area contributed by atoms with E-state index in [0.717, 1.165) is 12.8 Å². The van der Waals surface area contributed by atoms with Gasteiger partial charge in [-0.2, -0.15) is 0 Å². The number of aliphatic carboxylic acids is 1. The average molecular weight is 316 g/mol. The zero-order valence-electron chi connectivity index (χ0n) is 14.4. The quantitative estimate of drug-likeness (QED) is 0.287. The number of hydrogen-bond acceptors (Lipinski definition) is 3. The third-order valence-corrected chi connectivity index (χ3v) is 4.12. The molecule has 0 unspecified atom stereocenters. The van der Waals surface area contributed by atoms with Gasteiger partial charge < -0.3 is 15.3 Å². The first-order valence-corrected chi connectivity index (χ1v) is 9.14. The topological polar surface area (TPSA) is 77.8 Å². The highest BCUT2D eigenvalue weighted by molar-refractivity contribution is 5.67. The number of carboxylic acids is 1. The van der Waals surface area contributed by atoms with Crippen LogP contribution in [0.15, 0.2) is 0 Å². The molecule has 3 N–H and O–H groups in total. The van der Waals surface area contributed by atoms with Crippen LogP contribution in [0.1, 0.15) is 103 Å². The minimum Gasteiger partial charge on any atom is -0.481 e. The van der Waals surface area contributed by atoms with E-state index in [9.17, 15) is 15.0 Å². The molecule has 0 amide bonds. The van der Waals surface area contributed by atoms with Crippen molar-refractivity contribution >= 4 is 5.97 Å². The summed E-state index contributed by atoms with van der Waals surface area (Å²) in [6.07, 6.45) is 15.5. The maximum atomic E-state index is 10.4. The molecule has 0 saturated heterocycles. The molecule has 4 heteroatoms. The van der Waals surface area contributed by atoms with Crippen molar-refractivity contribution in [2.45, 2.75) is 109 Å². The van der Waals surface area contributed by atoms with Gasteiger partial charge in [0.15, 0.2) is 5.79 Å².